The molecule has 0 saturated carbocycles. The molecule has 3 heteroatoms. The van der Waals surface area contributed by atoms with E-state index in [0.29, 0.717) is 23.9 Å². The van der Waals surface area contributed by atoms with Crippen LogP contribution in [0.15, 0.2) is 24.3 Å². The zero-order valence-electron chi connectivity index (χ0n) is 12.3. The second kappa shape index (κ2) is 7.39. The predicted molar refractivity (Wildman–Crippen MR) is 76.8 cm³/mol. The summed E-state index contributed by atoms with van der Waals surface area (Å²) in [4.78, 5) is 14.3. The van der Waals surface area contributed by atoms with Gasteiger partial charge in [-0.05, 0) is 36.1 Å². The summed E-state index contributed by atoms with van der Waals surface area (Å²) in [5.41, 5.74) is 0.582. The van der Waals surface area contributed by atoms with Crippen LogP contribution in [0.5, 0.6) is 0 Å². The van der Waals surface area contributed by atoms with Crippen molar-refractivity contribution in [3.8, 4) is 0 Å². The van der Waals surface area contributed by atoms with Crippen molar-refractivity contribution in [3.05, 3.63) is 35.6 Å². The van der Waals surface area contributed by atoms with E-state index in [0.717, 1.165) is 13.1 Å². The molecule has 0 heterocycles. The molecular formula is C16H24FNO. The molecule has 106 valence electrons. The minimum atomic E-state index is -0.308. The molecule has 0 amide bonds. The Hall–Kier alpha value is -1.22. The number of halogens is 1. The molecule has 0 spiro atoms. The fourth-order valence-electron chi connectivity index (χ4n) is 2.17. The van der Waals surface area contributed by atoms with Gasteiger partial charge in [-0.25, -0.2) is 4.39 Å². The summed E-state index contributed by atoms with van der Waals surface area (Å²) >= 11 is 0. The van der Waals surface area contributed by atoms with Gasteiger partial charge in [0.1, 0.15) is 5.82 Å². The molecule has 0 aliphatic carbocycles. The van der Waals surface area contributed by atoms with Gasteiger partial charge in [0.15, 0.2) is 5.78 Å². The highest BCUT2D eigenvalue weighted by Crippen LogP contribution is 2.08. The zero-order valence-corrected chi connectivity index (χ0v) is 12.3. The molecule has 0 atom stereocenters. The first-order chi connectivity index (χ1) is 8.88. The van der Waals surface area contributed by atoms with Crippen molar-refractivity contribution in [2.45, 2.75) is 27.7 Å². The summed E-state index contributed by atoms with van der Waals surface area (Å²) in [6.07, 6.45) is 0. The van der Waals surface area contributed by atoms with Crippen LogP contribution in [-0.4, -0.2) is 30.3 Å². The van der Waals surface area contributed by atoms with E-state index in [9.17, 15) is 9.18 Å². The minimum Gasteiger partial charge on any atom is -0.295 e. The minimum absolute atomic E-state index is 0.0568. The van der Waals surface area contributed by atoms with Crippen molar-refractivity contribution in [1.29, 1.82) is 0 Å². The molecule has 0 radical (unpaired) electrons. The number of hydrogen-bond acceptors (Lipinski definition) is 2. The van der Waals surface area contributed by atoms with E-state index in [4.69, 9.17) is 0 Å². The summed E-state index contributed by atoms with van der Waals surface area (Å²) in [7, 11) is 0. The number of carbonyl (C=O) groups excluding carboxylic acids is 1. The second-order valence-corrected chi connectivity index (χ2v) is 5.91. The largest absolute Gasteiger partial charge is 0.295 e. The number of Topliss-reactive ketones (excluding diaryl/α,β-unsaturated/α-hetero) is 1. The fourth-order valence-corrected chi connectivity index (χ4v) is 2.17. The van der Waals surface area contributed by atoms with Gasteiger partial charge in [0.05, 0.1) is 6.54 Å². The molecule has 0 aliphatic heterocycles. The Morgan fingerprint density at radius 3 is 1.95 bits per heavy atom. The Balaban J connectivity index is 2.66. The van der Waals surface area contributed by atoms with Crippen LogP contribution in [-0.2, 0) is 0 Å². The van der Waals surface area contributed by atoms with Crippen LogP contribution in [0.1, 0.15) is 38.1 Å². The Morgan fingerprint density at radius 1 is 1.05 bits per heavy atom. The molecule has 1 aromatic carbocycles. The van der Waals surface area contributed by atoms with Gasteiger partial charge in [-0.2, -0.15) is 0 Å². The van der Waals surface area contributed by atoms with Gasteiger partial charge in [0.2, 0.25) is 0 Å². The lowest BCUT2D eigenvalue weighted by molar-refractivity contribution is 0.0912. The maximum atomic E-state index is 12.8. The first-order valence-electron chi connectivity index (χ1n) is 6.89. The van der Waals surface area contributed by atoms with Crippen molar-refractivity contribution in [3.63, 3.8) is 0 Å². The van der Waals surface area contributed by atoms with Crippen molar-refractivity contribution >= 4 is 5.78 Å². The normalized spacial score (nSPS) is 11.6. The standard InChI is InChI=1S/C16H24FNO/c1-12(2)9-18(10-13(3)4)11-16(19)14-5-7-15(17)8-6-14/h5-8,12-13H,9-11H2,1-4H3. The predicted octanol–water partition coefficient (Wildman–Crippen LogP) is 3.62. The third-order valence-electron chi connectivity index (χ3n) is 2.78. The number of benzene rings is 1. The fraction of sp³-hybridized carbons (Fsp3) is 0.562. The van der Waals surface area contributed by atoms with Gasteiger partial charge in [0.25, 0.3) is 0 Å². The molecule has 2 nitrogen and oxygen atoms in total. The van der Waals surface area contributed by atoms with Crippen LogP contribution in [0.3, 0.4) is 0 Å². The first kappa shape index (κ1) is 15.8. The molecule has 1 aromatic rings. The van der Waals surface area contributed by atoms with Crippen molar-refractivity contribution in [1.82, 2.24) is 4.90 Å². The Kier molecular flexibility index (Phi) is 6.16. The summed E-state index contributed by atoms with van der Waals surface area (Å²) < 4.78 is 12.8. The Bertz CT molecular complexity index is 388. The Morgan fingerprint density at radius 2 is 1.53 bits per heavy atom. The highest BCUT2D eigenvalue weighted by atomic mass is 19.1. The van der Waals surface area contributed by atoms with Gasteiger partial charge >= 0.3 is 0 Å². The van der Waals surface area contributed by atoms with E-state index < -0.39 is 0 Å². The average molecular weight is 265 g/mol. The van der Waals surface area contributed by atoms with Gasteiger partial charge in [-0.1, -0.05) is 27.7 Å². The maximum absolute atomic E-state index is 12.8. The quantitative estimate of drug-likeness (QED) is 0.702. The molecule has 0 saturated heterocycles. The van der Waals surface area contributed by atoms with Crippen LogP contribution < -0.4 is 0 Å². The lowest BCUT2D eigenvalue weighted by Crippen LogP contribution is -2.35. The van der Waals surface area contributed by atoms with E-state index in [1.54, 1.807) is 12.1 Å². The number of carbonyl (C=O) groups is 1. The van der Waals surface area contributed by atoms with Gasteiger partial charge in [-0.3, -0.25) is 9.69 Å². The Labute approximate surface area is 115 Å². The van der Waals surface area contributed by atoms with Gasteiger partial charge < -0.3 is 0 Å². The molecule has 0 N–H and O–H groups in total. The van der Waals surface area contributed by atoms with E-state index in [1.165, 1.54) is 12.1 Å². The third kappa shape index (κ3) is 5.97. The highest BCUT2D eigenvalue weighted by Gasteiger charge is 2.15. The molecule has 0 bridgehead atoms. The van der Waals surface area contributed by atoms with Crippen LogP contribution in [0.4, 0.5) is 4.39 Å². The van der Waals surface area contributed by atoms with Crippen LogP contribution in [0.2, 0.25) is 0 Å². The SMILES string of the molecule is CC(C)CN(CC(=O)c1ccc(F)cc1)CC(C)C. The molecule has 0 unspecified atom stereocenters. The van der Waals surface area contributed by atoms with E-state index in [-0.39, 0.29) is 11.6 Å². The number of nitrogens with zero attached hydrogens (tertiary/aromatic N) is 1. The summed E-state index contributed by atoms with van der Waals surface area (Å²) in [6, 6.07) is 5.78. The summed E-state index contributed by atoms with van der Waals surface area (Å²) in [5.74, 6) is 0.804. The molecular weight excluding hydrogens is 241 g/mol. The highest BCUT2D eigenvalue weighted by molar-refractivity contribution is 5.97. The zero-order chi connectivity index (χ0) is 14.4. The van der Waals surface area contributed by atoms with Crippen molar-refractivity contribution < 1.29 is 9.18 Å². The second-order valence-electron chi connectivity index (χ2n) is 5.91. The smallest absolute Gasteiger partial charge is 0.176 e. The third-order valence-corrected chi connectivity index (χ3v) is 2.78. The van der Waals surface area contributed by atoms with Crippen LogP contribution >= 0.6 is 0 Å². The molecule has 19 heavy (non-hydrogen) atoms. The number of hydrogen-bond donors (Lipinski definition) is 0. The van der Waals surface area contributed by atoms with E-state index in [2.05, 4.69) is 32.6 Å². The molecule has 0 aromatic heterocycles. The monoisotopic (exact) mass is 265 g/mol. The molecule has 0 aliphatic rings. The molecule has 1 rings (SSSR count). The van der Waals surface area contributed by atoms with E-state index >= 15 is 0 Å². The average Bonchev–Trinajstić information content (AvgIpc) is 2.27. The lowest BCUT2D eigenvalue weighted by Gasteiger charge is -2.25. The van der Waals surface area contributed by atoms with Gasteiger partial charge in [0, 0.05) is 18.7 Å². The van der Waals surface area contributed by atoms with Gasteiger partial charge in [-0.15, -0.1) is 0 Å². The maximum Gasteiger partial charge on any atom is 0.176 e. The van der Waals surface area contributed by atoms with Crippen LogP contribution in [0, 0.1) is 17.7 Å². The topological polar surface area (TPSA) is 20.3 Å². The molecule has 0 fully saturated rings. The number of ketones is 1. The van der Waals surface area contributed by atoms with Crippen LogP contribution in [0.25, 0.3) is 0 Å². The van der Waals surface area contributed by atoms with Crippen molar-refractivity contribution in [2.24, 2.45) is 11.8 Å². The summed E-state index contributed by atoms with van der Waals surface area (Å²) in [5, 5.41) is 0. The lowest BCUT2D eigenvalue weighted by atomic mass is 10.1. The van der Waals surface area contributed by atoms with Crippen molar-refractivity contribution in [2.75, 3.05) is 19.6 Å². The first-order valence-corrected chi connectivity index (χ1v) is 6.89. The summed E-state index contributed by atoms with van der Waals surface area (Å²) in [6.45, 7) is 10.8. The number of rotatable bonds is 7. The van der Waals surface area contributed by atoms with E-state index in [1.807, 2.05) is 0 Å².